The van der Waals surface area contributed by atoms with Crippen LogP contribution >= 0.6 is 0 Å². The molecule has 0 spiro atoms. The number of halogens is 2. The number of hydrogen-bond acceptors (Lipinski definition) is 10. The predicted octanol–water partition coefficient (Wildman–Crippen LogP) is 2.74. The molecule has 0 saturated heterocycles. The Morgan fingerprint density at radius 1 is 0.833 bits per heavy atom. The lowest BCUT2D eigenvalue weighted by atomic mass is 9.80. The molecule has 1 heterocycles. The third kappa shape index (κ3) is 7.27. The number of alkyl halides is 2. The fourth-order valence-electron chi connectivity index (χ4n) is 3.58. The summed E-state index contributed by atoms with van der Waals surface area (Å²) in [5, 5.41) is 2.86. The second-order valence-corrected chi connectivity index (χ2v) is 7.31. The highest BCUT2D eigenvalue weighted by molar-refractivity contribution is 6.01. The van der Waals surface area contributed by atoms with E-state index in [0.717, 1.165) is 0 Å². The number of rotatable bonds is 11. The largest absolute Gasteiger partial charge is 0.463 e. The maximum absolute atomic E-state index is 13.2. The summed E-state index contributed by atoms with van der Waals surface area (Å²) < 4.78 is 50.6. The summed E-state index contributed by atoms with van der Waals surface area (Å²) in [4.78, 5) is 49.6. The minimum atomic E-state index is -3.19. The first-order valence-corrected chi connectivity index (χ1v) is 11.0. The molecule has 36 heavy (non-hydrogen) atoms. The molecule has 0 aromatic heterocycles. The van der Waals surface area contributed by atoms with E-state index in [-0.39, 0.29) is 47.1 Å². The number of allylic oxidation sites excluding steroid dienone is 2. The first kappa shape index (κ1) is 28.3. The van der Waals surface area contributed by atoms with Crippen molar-refractivity contribution in [3.8, 4) is 5.75 Å². The van der Waals surface area contributed by atoms with Crippen molar-refractivity contribution in [2.75, 3.05) is 26.4 Å². The molecule has 196 valence electrons. The standard InChI is InChI=1S/C24H27F2NO9/c1-5-32-17(28)11-34-22(30)19-13(3)27-14(4)20(23(31)35-12-18(29)33-6-2)21(19)15-9-7-8-10-16(15)36-24(25)26/h7-10,21,24,27H,5-6,11-12H2,1-4H3. The van der Waals surface area contributed by atoms with Crippen LogP contribution in [0.4, 0.5) is 8.78 Å². The monoisotopic (exact) mass is 511 g/mol. The van der Waals surface area contributed by atoms with E-state index >= 15 is 0 Å². The molecule has 0 radical (unpaired) electrons. The lowest BCUT2D eigenvalue weighted by Crippen LogP contribution is -2.34. The third-order valence-electron chi connectivity index (χ3n) is 4.90. The van der Waals surface area contributed by atoms with E-state index in [1.54, 1.807) is 13.8 Å². The highest BCUT2D eigenvalue weighted by Crippen LogP contribution is 2.43. The number of dihydropyridines is 1. The van der Waals surface area contributed by atoms with Gasteiger partial charge in [0.2, 0.25) is 0 Å². The van der Waals surface area contributed by atoms with E-state index in [1.807, 2.05) is 0 Å². The van der Waals surface area contributed by atoms with Crippen LogP contribution in [0.1, 0.15) is 39.2 Å². The van der Waals surface area contributed by atoms with Crippen LogP contribution in [0.5, 0.6) is 5.75 Å². The van der Waals surface area contributed by atoms with Crippen LogP contribution < -0.4 is 10.1 Å². The zero-order valence-electron chi connectivity index (χ0n) is 20.2. The maximum Gasteiger partial charge on any atom is 0.387 e. The summed E-state index contributed by atoms with van der Waals surface area (Å²) in [6, 6.07) is 5.58. The molecule has 1 N–H and O–H groups in total. The van der Waals surface area contributed by atoms with Gasteiger partial charge in [0.1, 0.15) is 5.75 Å². The van der Waals surface area contributed by atoms with E-state index < -0.39 is 49.6 Å². The minimum Gasteiger partial charge on any atom is -0.463 e. The van der Waals surface area contributed by atoms with E-state index in [2.05, 4.69) is 10.1 Å². The average molecular weight is 511 g/mol. The number of benzene rings is 1. The van der Waals surface area contributed by atoms with Gasteiger partial charge in [-0.15, -0.1) is 0 Å². The number of esters is 4. The first-order valence-electron chi connectivity index (χ1n) is 11.0. The van der Waals surface area contributed by atoms with Crippen LogP contribution in [-0.2, 0) is 38.1 Å². The molecule has 0 atom stereocenters. The van der Waals surface area contributed by atoms with Crippen molar-refractivity contribution in [2.45, 2.75) is 40.2 Å². The molecule has 2 rings (SSSR count). The molecule has 12 heteroatoms. The summed E-state index contributed by atoms with van der Waals surface area (Å²) in [5.41, 5.74) is 0.195. The van der Waals surface area contributed by atoms with Crippen molar-refractivity contribution in [2.24, 2.45) is 0 Å². The zero-order chi connectivity index (χ0) is 26.8. The van der Waals surface area contributed by atoms with Crippen LogP contribution in [0.2, 0.25) is 0 Å². The van der Waals surface area contributed by atoms with Crippen LogP contribution in [0.15, 0.2) is 46.8 Å². The molecule has 0 fully saturated rings. The zero-order valence-corrected chi connectivity index (χ0v) is 20.2. The Morgan fingerprint density at radius 3 is 1.75 bits per heavy atom. The highest BCUT2D eigenvalue weighted by Gasteiger charge is 2.40. The molecule has 0 aliphatic carbocycles. The molecule has 0 saturated carbocycles. The van der Waals surface area contributed by atoms with Crippen molar-refractivity contribution < 1.29 is 51.6 Å². The summed E-state index contributed by atoms with van der Waals surface area (Å²) >= 11 is 0. The SMILES string of the molecule is CCOC(=O)COC(=O)C1=C(C)NC(C)=C(C(=O)OCC(=O)OCC)C1c1ccccc1OC(F)F. The van der Waals surface area contributed by atoms with Gasteiger partial charge in [-0.25, -0.2) is 19.2 Å². The van der Waals surface area contributed by atoms with Gasteiger partial charge in [0.05, 0.1) is 30.3 Å². The van der Waals surface area contributed by atoms with Gasteiger partial charge in [-0.1, -0.05) is 18.2 Å². The van der Waals surface area contributed by atoms with Gasteiger partial charge in [-0.2, -0.15) is 8.78 Å². The molecule has 1 aromatic carbocycles. The molecule has 1 aliphatic rings. The molecule has 10 nitrogen and oxygen atoms in total. The fourth-order valence-corrected chi connectivity index (χ4v) is 3.58. The van der Waals surface area contributed by atoms with Crippen LogP contribution in [-0.4, -0.2) is 56.9 Å². The van der Waals surface area contributed by atoms with E-state index in [4.69, 9.17) is 18.9 Å². The van der Waals surface area contributed by atoms with Gasteiger partial charge in [0.15, 0.2) is 13.2 Å². The van der Waals surface area contributed by atoms with Gasteiger partial charge in [-0.3, -0.25) is 0 Å². The number of ether oxygens (including phenoxy) is 5. The van der Waals surface area contributed by atoms with E-state index in [9.17, 15) is 28.0 Å². The molecular formula is C24H27F2NO9. The van der Waals surface area contributed by atoms with Crippen molar-refractivity contribution in [1.29, 1.82) is 0 Å². The smallest absolute Gasteiger partial charge is 0.387 e. The Balaban J connectivity index is 2.54. The Kier molecular flexibility index (Phi) is 10.4. The Morgan fingerprint density at radius 2 is 1.31 bits per heavy atom. The normalized spacial score (nSPS) is 13.8. The number of para-hydroxylation sites is 1. The van der Waals surface area contributed by atoms with Crippen molar-refractivity contribution in [3.63, 3.8) is 0 Å². The van der Waals surface area contributed by atoms with Gasteiger partial charge in [0, 0.05) is 17.0 Å². The van der Waals surface area contributed by atoms with Crippen LogP contribution in [0.3, 0.4) is 0 Å². The summed E-state index contributed by atoms with van der Waals surface area (Å²) in [5.74, 6) is -5.21. The molecule has 0 unspecified atom stereocenters. The molecule has 0 bridgehead atoms. The lowest BCUT2D eigenvalue weighted by Gasteiger charge is -2.31. The van der Waals surface area contributed by atoms with Gasteiger partial charge in [-0.05, 0) is 33.8 Å². The number of carbonyl (C=O) groups is 4. The van der Waals surface area contributed by atoms with E-state index in [0.29, 0.717) is 0 Å². The van der Waals surface area contributed by atoms with Gasteiger partial charge in [0.25, 0.3) is 0 Å². The Bertz CT molecular complexity index is 1010. The summed E-state index contributed by atoms with van der Waals surface area (Å²) in [6.07, 6.45) is 0. The Hall–Kier alpha value is -3.96. The van der Waals surface area contributed by atoms with Crippen molar-refractivity contribution in [1.82, 2.24) is 5.32 Å². The summed E-state index contributed by atoms with van der Waals surface area (Å²) in [6.45, 7) is 1.70. The van der Waals surface area contributed by atoms with E-state index in [1.165, 1.54) is 38.1 Å². The van der Waals surface area contributed by atoms with Gasteiger partial charge >= 0.3 is 30.5 Å². The highest BCUT2D eigenvalue weighted by atomic mass is 19.3. The van der Waals surface area contributed by atoms with Gasteiger partial charge < -0.3 is 29.0 Å². The predicted molar refractivity (Wildman–Crippen MR) is 120 cm³/mol. The number of nitrogens with one attached hydrogen (secondary N) is 1. The Labute approximate surface area is 206 Å². The van der Waals surface area contributed by atoms with Crippen LogP contribution in [0.25, 0.3) is 0 Å². The first-order chi connectivity index (χ1) is 17.1. The van der Waals surface area contributed by atoms with Crippen molar-refractivity contribution >= 4 is 23.9 Å². The number of hydrogen-bond donors (Lipinski definition) is 1. The topological polar surface area (TPSA) is 126 Å². The maximum atomic E-state index is 13.2. The average Bonchev–Trinajstić information content (AvgIpc) is 2.81. The fraction of sp³-hybridized carbons (Fsp3) is 0.417. The lowest BCUT2D eigenvalue weighted by molar-refractivity contribution is -0.157. The second kappa shape index (κ2) is 13.2. The second-order valence-electron chi connectivity index (χ2n) is 7.31. The van der Waals surface area contributed by atoms with Crippen molar-refractivity contribution in [3.05, 3.63) is 52.4 Å². The quantitative estimate of drug-likeness (QED) is 0.350. The third-order valence-corrected chi connectivity index (χ3v) is 4.90. The summed E-state index contributed by atoms with van der Waals surface area (Å²) in [7, 11) is 0. The molecule has 0 amide bonds. The minimum absolute atomic E-state index is 0.0316. The molecule has 1 aromatic rings. The molecule has 1 aliphatic heterocycles. The molecular weight excluding hydrogens is 484 g/mol. The van der Waals surface area contributed by atoms with Crippen LogP contribution in [0, 0.1) is 0 Å². The number of carbonyl (C=O) groups excluding carboxylic acids is 4.